The van der Waals surface area contributed by atoms with Crippen LogP contribution in [0.15, 0.2) is 42.7 Å². The molecule has 0 saturated carbocycles. The molecule has 1 aromatic carbocycles. The zero-order chi connectivity index (χ0) is 27.3. The van der Waals surface area contributed by atoms with Crippen LogP contribution in [0.3, 0.4) is 0 Å². The molecule has 9 nitrogen and oxygen atoms in total. The molecule has 1 atom stereocenters. The van der Waals surface area contributed by atoms with Crippen molar-refractivity contribution in [2.75, 3.05) is 26.2 Å². The summed E-state index contributed by atoms with van der Waals surface area (Å²) in [5, 5.41) is 7.12. The number of alkyl halides is 3. The molecule has 0 aliphatic carbocycles. The zero-order valence-corrected chi connectivity index (χ0v) is 20.9. The second kappa shape index (κ2) is 11.5. The average Bonchev–Trinajstić information content (AvgIpc) is 3.39. The molecule has 1 aromatic heterocycles. The van der Waals surface area contributed by atoms with E-state index in [1.54, 1.807) is 6.20 Å². The smallest absolute Gasteiger partial charge is 0.475 e. The molecule has 0 bridgehead atoms. The number of carbonyl (C=O) groups excluding carboxylic acids is 2. The Morgan fingerprint density at radius 1 is 1.00 bits per heavy atom. The molecule has 2 fully saturated rings. The Labute approximate surface area is 218 Å². The molecule has 5 rings (SSSR count). The van der Waals surface area contributed by atoms with Gasteiger partial charge in [0.15, 0.2) is 6.10 Å². The minimum atomic E-state index is -5.08. The summed E-state index contributed by atoms with van der Waals surface area (Å²) in [6.07, 6.45) is 3.24. The standard InChI is InChI=1S/C24H30N4O3.C2HF3O2/c29-21(17-19-7-3-1-4-8-19)26-14-9-24(10-15-26)23-25-11-16-28(23)18-20(31-24)22(30)27-12-5-2-6-13-27;3-2(4,5)1(6)7/h1,3-4,7-8,11,16,20H,2,5-6,9-10,12-15,17-18H2;(H,6,7). The molecule has 2 amide bonds. The SMILES string of the molecule is O=C(Cc1ccccc1)N1CCC2(CC1)OC(C(=O)N1CCCCC1)Cn1ccnc12.O=C(O)C(F)(F)F. The van der Waals surface area contributed by atoms with Gasteiger partial charge in [-0.2, -0.15) is 13.2 Å². The monoisotopic (exact) mass is 536 g/mol. The first-order valence-electron chi connectivity index (χ1n) is 12.7. The summed E-state index contributed by atoms with van der Waals surface area (Å²) >= 11 is 0. The number of amides is 2. The number of aromatic nitrogens is 2. The van der Waals surface area contributed by atoms with E-state index in [0.29, 0.717) is 38.9 Å². The summed E-state index contributed by atoms with van der Waals surface area (Å²) in [5.74, 6) is -1.62. The number of aliphatic carboxylic acids is 1. The Bertz CT molecular complexity index is 1120. The Kier molecular flexibility index (Phi) is 8.39. The lowest BCUT2D eigenvalue weighted by Crippen LogP contribution is -2.55. The van der Waals surface area contributed by atoms with Crippen LogP contribution >= 0.6 is 0 Å². The highest BCUT2D eigenvalue weighted by Crippen LogP contribution is 2.40. The van der Waals surface area contributed by atoms with E-state index in [1.807, 2.05) is 46.3 Å². The third-order valence-corrected chi connectivity index (χ3v) is 7.16. The van der Waals surface area contributed by atoms with Crippen LogP contribution in [0.2, 0.25) is 0 Å². The first-order valence-corrected chi connectivity index (χ1v) is 12.7. The van der Waals surface area contributed by atoms with Gasteiger partial charge in [-0.1, -0.05) is 30.3 Å². The van der Waals surface area contributed by atoms with Gasteiger partial charge in [-0.15, -0.1) is 0 Å². The van der Waals surface area contributed by atoms with Gasteiger partial charge in [-0.25, -0.2) is 9.78 Å². The molecule has 4 heterocycles. The second-order valence-corrected chi connectivity index (χ2v) is 9.74. The molecular weight excluding hydrogens is 505 g/mol. The van der Waals surface area contributed by atoms with E-state index in [2.05, 4.69) is 9.55 Å². The maximum absolute atomic E-state index is 13.2. The number of rotatable bonds is 3. The molecule has 0 radical (unpaired) electrons. The summed E-state index contributed by atoms with van der Waals surface area (Å²) in [6, 6.07) is 9.86. The van der Waals surface area contributed by atoms with Gasteiger partial charge < -0.3 is 24.2 Å². The van der Waals surface area contributed by atoms with Crippen molar-refractivity contribution in [1.29, 1.82) is 0 Å². The van der Waals surface area contributed by atoms with Gasteiger partial charge in [-0.3, -0.25) is 9.59 Å². The Morgan fingerprint density at radius 2 is 1.63 bits per heavy atom. The van der Waals surface area contributed by atoms with E-state index < -0.39 is 23.9 Å². The molecule has 3 aliphatic rings. The number of benzene rings is 1. The Morgan fingerprint density at radius 3 is 2.24 bits per heavy atom. The summed E-state index contributed by atoms with van der Waals surface area (Å²) in [5.41, 5.74) is 0.436. The predicted molar refractivity (Wildman–Crippen MR) is 129 cm³/mol. The maximum Gasteiger partial charge on any atom is 0.490 e. The van der Waals surface area contributed by atoms with Crippen LogP contribution in [-0.2, 0) is 37.7 Å². The van der Waals surface area contributed by atoms with E-state index in [0.717, 1.165) is 37.3 Å². The number of hydrogen-bond donors (Lipinski definition) is 1. The van der Waals surface area contributed by atoms with E-state index >= 15 is 0 Å². The number of imidazole rings is 1. The summed E-state index contributed by atoms with van der Waals surface area (Å²) < 4.78 is 40.4. The number of carbonyl (C=O) groups is 3. The van der Waals surface area contributed by atoms with Crippen LogP contribution in [0.5, 0.6) is 0 Å². The third kappa shape index (κ3) is 6.35. The zero-order valence-electron chi connectivity index (χ0n) is 20.9. The van der Waals surface area contributed by atoms with Crippen LogP contribution in [0.25, 0.3) is 0 Å². The van der Waals surface area contributed by atoms with Gasteiger partial charge in [0.25, 0.3) is 5.91 Å². The highest BCUT2D eigenvalue weighted by Gasteiger charge is 2.48. The van der Waals surface area contributed by atoms with Gasteiger partial charge in [0.05, 0.1) is 13.0 Å². The van der Waals surface area contributed by atoms with Gasteiger partial charge in [0.1, 0.15) is 11.4 Å². The number of carboxylic acids is 1. The minimum absolute atomic E-state index is 0.0982. The first-order chi connectivity index (χ1) is 18.1. The summed E-state index contributed by atoms with van der Waals surface area (Å²) in [6.45, 7) is 3.39. The van der Waals surface area contributed by atoms with Crippen LogP contribution in [0.1, 0.15) is 43.5 Å². The van der Waals surface area contributed by atoms with Crippen molar-refractivity contribution in [2.45, 2.75) is 63.0 Å². The van der Waals surface area contributed by atoms with Gasteiger partial charge in [-0.05, 0) is 24.8 Å². The number of piperidine rings is 2. The lowest BCUT2D eigenvalue weighted by atomic mass is 9.88. The molecule has 2 saturated heterocycles. The highest BCUT2D eigenvalue weighted by atomic mass is 19.4. The normalized spacial score (nSPS) is 20.8. The van der Waals surface area contributed by atoms with E-state index in [1.165, 1.54) is 6.42 Å². The van der Waals surface area contributed by atoms with E-state index in [-0.39, 0.29) is 11.8 Å². The average molecular weight is 537 g/mol. The van der Waals surface area contributed by atoms with Gasteiger partial charge in [0, 0.05) is 51.4 Å². The summed E-state index contributed by atoms with van der Waals surface area (Å²) in [4.78, 5) is 43.4. The van der Waals surface area contributed by atoms with Crippen molar-refractivity contribution >= 4 is 17.8 Å². The molecule has 206 valence electrons. The lowest BCUT2D eigenvalue weighted by Gasteiger charge is -2.46. The van der Waals surface area contributed by atoms with Crippen LogP contribution < -0.4 is 0 Å². The van der Waals surface area contributed by atoms with Crippen molar-refractivity contribution in [3.05, 3.63) is 54.1 Å². The lowest BCUT2D eigenvalue weighted by molar-refractivity contribution is -0.192. The second-order valence-electron chi connectivity index (χ2n) is 9.74. The van der Waals surface area contributed by atoms with E-state index in [4.69, 9.17) is 14.6 Å². The Balaban J connectivity index is 0.000000426. The van der Waals surface area contributed by atoms with Crippen molar-refractivity contribution < 1.29 is 37.4 Å². The Hall–Kier alpha value is -3.41. The molecule has 1 unspecified atom stereocenters. The number of halogens is 3. The number of likely N-dealkylation sites (tertiary alicyclic amines) is 2. The molecule has 2 aromatic rings. The van der Waals surface area contributed by atoms with Crippen LogP contribution in [0.4, 0.5) is 13.2 Å². The fourth-order valence-electron chi connectivity index (χ4n) is 5.18. The van der Waals surface area contributed by atoms with E-state index in [9.17, 15) is 22.8 Å². The largest absolute Gasteiger partial charge is 0.490 e. The van der Waals surface area contributed by atoms with Crippen molar-refractivity contribution in [3.63, 3.8) is 0 Å². The molecule has 1 spiro atoms. The molecule has 1 N–H and O–H groups in total. The molecule has 3 aliphatic heterocycles. The van der Waals surface area contributed by atoms with Crippen LogP contribution in [-0.4, -0.2) is 80.7 Å². The first kappa shape index (κ1) is 27.6. The fraction of sp³-hybridized carbons (Fsp3) is 0.538. The molecule has 38 heavy (non-hydrogen) atoms. The minimum Gasteiger partial charge on any atom is -0.475 e. The highest BCUT2D eigenvalue weighted by molar-refractivity contribution is 5.81. The predicted octanol–water partition coefficient (Wildman–Crippen LogP) is 2.99. The van der Waals surface area contributed by atoms with Crippen molar-refractivity contribution in [2.24, 2.45) is 0 Å². The third-order valence-electron chi connectivity index (χ3n) is 7.16. The number of nitrogens with zero attached hydrogens (tertiary/aromatic N) is 4. The van der Waals surface area contributed by atoms with Crippen LogP contribution in [0, 0.1) is 0 Å². The maximum atomic E-state index is 13.2. The number of carboxylic acid groups (broad SMARTS) is 1. The number of hydrogen-bond acceptors (Lipinski definition) is 5. The van der Waals surface area contributed by atoms with Crippen molar-refractivity contribution in [3.8, 4) is 0 Å². The molecular formula is C26H31F3N4O5. The summed E-state index contributed by atoms with van der Waals surface area (Å²) in [7, 11) is 0. The fourth-order valence-corrected chi connectivity index (χ4v) is 5.18. The number of ether oxygens (including phenoxy) is 1. The quantitative estimate of drug-likeness (QED) is 0.647. The molecule has 12 heteroatoms. The topological polar surface area (TPSA) is 105 Å². The van der Waals surface area contributed by atoms with Gasteiger partial charge >= 0.3 is 12.1 Å². The number of fused-ring (bicyclic) bond motifs is 2. The van der Waals surface area contributed by atoms with Crippen molar-refractivity contribution in [1.82, 2.24) is 19.4 Å². The van der Waals surface area contributed by atoms with Gasteiger partial charge in [0.2, 0.25) is 5.91 Å².